The van der Waals surface area contributed by atoms with Crippen LogP contribution >= 0.6 is 0 Å². The topological polar surface area (TPSA) is 36.4 Å². The molecule has 4 nitrogen and oxygen atoms in total. The second-order valence-electron chi connectivity index (χ2n) is 7.22. The summed E-state index contributed by atoms with van der Waals surface area (Å²) in [6, 6.07) is 3.18. The molecule has 0 unspecified atom stereocenters. The Labute approximate surface area is 137 Å². The Bertz CT molecular complexity index is 542. The number of pyridine rings is 1. The lowest BCUT2D eigenvalue weighted by molar-refractivity contribution is 0.0698. The highest BCUT2D eigenvalue weighted by Gasteiger charge is 2.33. The summed E-state index contributed by atoms with van der Waals surface area (Å²) in [4.78, 5) is 21.1. The summed E-state index contributed by atoms with van der Waals surface area (Å²) in [7, 11) is 0. The lowest BCUT2D eigenvalue weighted by Crippen LogP contribution is -2.46. The number of carbonyl (C=O) groups excluding carboxylic acids is 1. The zero-order valence-electron chi connectivity index (χ0n) is 14.0. The number of amides is 1. The smallest absolute Gasteiger partial charge is 0.272 e. The molecular weight excluding hydrogens is 293 g/mol. The molecule has 2 fully saturated rings. The maximum absolute atomic E-state index is 13.0. The summed E-state index contributed by atoms with van der Waals surface area (Å²) in [6.45, 7) is 8.17. The zero-order chi connectivity index (χ0) is 16.4. The van der Waals surface area contributed by atoms with Gasteiger partial charge in [-0.05, 0) is 43.2 Å². The van der Waals surface area contributed by atoms with E-state index in [-0.39, 0.29) is 5.91 Å². The molecule has 1 aromatic rings. The molecule has 5 heteroatoms. The molecule has 0 N–H and O–H groups in total. The third kappa shape index (κ3) is 4.08. The first-order valence-electron chi connectivity index (χ1n) is 8.69. The van der Waals surface area contributed by atoms with Gasteiger partial charge in [0.05, 0.1) is 6.20 Å². The van der Waals surface area contributed by atoms with Gasteiger partial charge in [-0.25, -0.2) is 9.37 Å². The average molecular weight is 319 g/mol. The van der Waals surface area contributed by atoms with Gasteiger partial charge in [0.2, 0.25) is 0 Å². The maximum Gasteiger partial charge on any atom is 0.272 e. The number of hydrogen-bond acceptors (Lipinski definition) is 3. The Morgan fingerprint density at radius 1 is 1.35 bits per heavy atom. The first kappa shape index (κ1) is 16.4. The van der Waals surface area contributed by atoms with Gasteiger partial charge in [0.1, 0.15) is 11.5 Å². The van der Waals surface area contributed by atoms with Crippen LogP contribution in [-0.4, -0.2) is 52.9 Å². The van der Waals surface area contributed by atoms with E-state index in [0.29, 0.717) is 17.7 Å². The Morgan fingerprint density at radius 3 is 2.74 bits per heavy atom. The number of rotatable bonds is 4. The molecule has 0 spiro atoms. The summed E-state index contributed by atoms with van der Waals surface area (Å²) in [5.41, 5.74) is 0.338. The van der Waals surface area contributed by atoms with Gasteiger partial charge in [-0.2, -0.15) is 0 Å². The number of aromatic nitrogens is 1. The SMILES string of the molecule is CC(C)[C@@H]1CN(C(=O)c2ccc(F)cn2)CCCN1CC1CC1. The minimum absolute atomic E-state index is 0.0797. The monoisotopic (exact) mass is 319 g/mol. The standard InChI is InChI=1S/C18H26FN3O/c1-13(2)17-12-22(9-3-8-21(17)11-14-4-5-14)18(23)16-7-6-15(19)10-20-16/h6-7,10,13-14,17H,3-5,8-9,11-12H2,1-2H3/t17-/m0/s1. The molecule has 1 aliphatic heterocycles. The van der Waals surface area contributed by atoms with Gasteiger partial charge in [0, 0.05) is 32.2 Å². The summed E-state index contributed by atoms with van der Waals surface area (Å²) in [5, 5.41) is 0. The summed E-state index contributed by atoms with van der Waals surface area (Å²) in [5.74, 6) is 0.873. The molecule has 3 rings (SSSR count). The predicted octanol–water partition coefficient (Wildman–Crippen LogP) is 2.80. The second kappa shape index (κ2) is 6.95. The van der Waals surface area contributed by atoms with Crippen molar-refractivity contribution in [2.24, 2.45) is 11.8 Å². The molecule has 0 bridgehead atoms. The lowest BCUT2D eigenvalue weighted by atomic mass is 10.0. The molecule has 1 amide bonds. The molecule has 1 atom stereocenters. The summed E-state index contributed by atoms with van der Waals surface area (Å²) >= 11 is 0. The van der Waals surface area contributed by atoms with Crippen LogP contribution in [-0.2, 0) is 0 Å². The van der Waals surface area contributed by atoms with Crippen LogP contribution in [0, 0.1) is 17.7 Å². The molecule has 2 aliphatic rings. The third-order valence-corrected chi connectivity index (χ3v) is 4.94. The normalized spacial score (nSPS) is 23.1. The highest BCUT2D eigenvalue weighted by atomic mass is 19.1. The van der Waals surface area contributed by atoms with Crippen molar-refractivity contribution in [2.45, 2.75) is 39.2 Å². The van der Waals surface area contributed by atoms with E-state index in [2.05, 4.69) is 23.7 Å². The Kier molecular flexibility index (Phi) is 4.95. The quantitative estimate of drug-likeness (QED) is 0.856. The van der Waals surface area contributed by atoms with Crippen LogP contribution in [0.4, 0.5) is 4.39 Å². The molecule has 1 saturated carbocycles. The predicted molar refractivity (Wildman–Crippen MR) is 87.6 cm³/mol. The van der Waals surface area contributed by atoms with E-state index in [4.69, 9.17) is 0 Å². The van der Waals surface area contributed by atoms with E-state index < -0.39 is 5.82 Å². The van der Waals surface area contributed by atoms with E-state index >= 15 is 0 Å². The number of nitrogens with zero attached hydrogens (tertiary/aromatic N) is 3. The fourth-order valence-corrected chi connectivity index (χ4v) is 3.40. The van der Waals surface area contributed by atoms with Crippen molar-refractivity contribution >= 4 is 5.91 Å². The third-order valence-electron chi connectivity index (χ3n) is 4.94. The van der Waals surface area contributed by atoms with E-state index in [1.54, 1.807) is 0 Å². The van der Waals surface area contributed by atoms with Crippen molar-refractivity contribution in [3.05, 3.63) is 29.8 Å². The van der Waals surface area contributed by atoms with Gasteiger partial charge in [-0.1, -0.05) is 13.8 Å². The fraction of sp³-hybridized carbons (Fsp3) is 0.667. The van der Waals surface area contributed by atoms with Crippen LogP contribution in [0.2, 0.25) is 0 Å². The van der Waals surface area contributed by atoms with Crippen molar-refractivity contribution in [3.8, 4) is 0 Å². The summed E-state index contributed by atoms with van der Waals surface area (Å²) in [6.07, 6.45) is 4.81. The van der Waals surface area contributed by atoms with E-state index in [1.165, 1.54) is 31.5 Å². The molecule has 23 heavy (non-hydrogen) atoms. The molecule has 1 aliphatic carbocycles. The number of carbonyl (C=O) groups is 1. The number of halogens is 1. The summed E-state index contributed by atoms with van der Waals surface area (Å²) < 4.78 is 13.0. The van der Waals surface area contributed by atoms with Gasteiger partial charge in [0.25, 0.3) is 5.91 Å². The molecule has 2 heterocycles. The van der Waals surface area contributed by atoms with E-state index in [0.717, 1.165) is 38.2 Å². The van der Waals surface area contributed by atoms with Crippen LogP contribution in [0.1, 0.15) is 43.6 Å². The van der Waals surface area contributed by atoms with Crippen LogP contribution in [0.25, 0.3) is 0 Å². The van der Waals surface area contributed by atoms with E-state index in [9.17, 15) is 9.18 Å². The molecule has 0 aromatic carbocycles. The van der Waals surface area contributed by atoms with Gasteiger partial charge < -0.3 is 4.90 Å². The first-order chi connectivity index (χ1) is 11.0. The van der Waals surface area contributed by atoms with Crippen LogP contribution in [0.5, 0.6) is 0 Å². The number of hydrogen-bond donors (Lipinski definition) is 0. The van der Waals surface area contributed by atoms with Crippen LogP contribution in [0.15, 0.2) is 18.3 Å². The molecule has 1 aromatic heterocycles. The van der Waals surface area contributed by atoms with Gasteiger partial charge in [0.15, 0.2) is 0 Å². The minimum atomic E-state index is -0.409. The molecular formula is C18H26FN3O. The Balaban J connectivity index is 1.72. The van der Waals surface area contributed by atoms with Crippen molar-refractivity contribution in [2.75, 3.05) is 26.2 Å². The first-order valence-corrected chi connectivity index (χ1v) is 8.69. The second-order valence-corrected chi connectivity index (χ2v) is 7.22. The fourth-order valence-electron chi connectivity index (χ4n) is 3.40. The highest BCUT2D eigenvalue weighted by Crippen LogP contribution is 2.32. The average Bonchev–Trinajstić information content (AvgIpc) is 3.34. The zero-order valence-corrected chi connectivity index (χ0v) is 14.0. The van der Waals surface area contributed by atoms with E-state index in [1.807, 2.05) is 4.90 Å². The molecule has 126 valence electrons. The molecule has 1 saturated heterocycles. The van der Waals surface area contributed by atoms with Crippen LogP contribution in [0.3, 0.4) is 0 Å². The van der Waals surface area contributed by atoms with Crippen molar-refractivity contribution in [1.29, 1.82) is 0 Å². The van der Waals surface area contributed by atoms with Gasteiger partial charge in [-0.15, -0.1) is 0 Å². The lowest BCUT2D eigenvalue weighted by Gasteiger charge is -2.34. The van der Waals surface area contributed by atoms with Gasteiger partial charge >= 0.3 is 0 Å². The Hall–Kier alpha value is -1.49. The Morgan fingerprint density at radius 2 is 2.13 bits per heavy atom. The van der Waals surface area contributed by atoms with Crippen molar-refractivity contribution in [3.63, 3.8) is 0 Å². The van der Waals surface area contributed by atoms with Crippen LogP contribution < -0.4 is 0 Å². The van der Waals surface area contributed by atoms with Crippen molar-refractivity contribution in [1.82, 2.24) is 14.8 Å². The largest absolute Gasteiger partial charge is 0.336 e. The minimum Gasteiger partial charge on any atom is -0.336 e. The van der Waals surface area contributed by atoms with Gasteiger partial charge in [-0.3, -0.25) is 9.69 Å². The highest BCUT2D eigenvalue weighted by molar-refractivity contribution is 5.92. The van der Waals surface area contributed by atoms with Crippen molar-refractivity contribution < 1.29 is 9.18 Å². The maximum atomic E-state index is 13.0. The molecule has 0 radical (unpaired) electrons.